The minimum absolute atomic E-state index is 0.692. The van der Waals surface area contributed by atoms with Crippen LogP contribution in [0.4, 0.5) is 0 Å². The second kappa shape index (κ2) is 7.06. The van der Waals surface area contributed by atoms with Crippen molar-refractivity contribution in [2.75, 3.05) is 13.1 Å². The van der Waals surface area contributed by atoms with E-state index in [0.717, 1.165) is 19.0 Å². The van der Waals surface area contributed by atoms with Crippen LogP contribution in [0, 0.1) is 11.8 Å². The van der Waals surface area contributed by atoms with Gasteiger partial charge in [-0.3, -0.25) is 4.90 Å². The number of nitrogens with zero attached hydrogens (tertiary/aromatic N) is 1. The summed E-state index contributed by atoms with van der Waals surface area (Å²) < 4.78 is 0. The van der Waals surface area contributed by atoms with Crippen LogP contribution in [0.2, 0.25) is 0 Å². The van der Waals surface area contributed by atoms with Crippen molar-refractivity contribution in [1.29, 1.82) is 0 Å². The Bertz CT molecular complexity index is 359. The van der Waals surface area contributed by atoms with Gasteiger partial charge in [-0.15, -0.1) is 0 Å². The fraction of sp³-hybridized carbons (Fsp3) is 0.647. The molecule has 1 aromatic carbocycles. The quantitative estimate of drug-likeness (QED) is 0.880. The highest BCUT2D eigenvalue weighted by atomic mass is 15.2. The molecule has 1 saturated heterocycles. The van der Waals surface area contributed by atoms with Crippen molar-refractivity contribution in [1.82, 2.24) is 4.90 Å². The van der Waals surface area contributed by atoms with E-state index in [0.29, 0.717) is 12.0 Å². The second-order valence-corrected chi connectivity index (χ2v) is 6.17. The molecule has 0 radical (unpaired) electrons. The molecule has 1 aromatic rings. The molecular formula is C17H28N2. The number of hydrogen-bond donors (Lipinski definition) is 1. The molecular weight excluding hydrogens is 232 g/mol. The van der Waals surface area contributed by atoms with Gasteiger partial charge < -0.3 is 5.73 Å². The fourth-order valence-electron chi connectivity index (χ4n) is 3.67. The number of benzene rings is 1. The highest BCUT2D eigenvalue weighted by Crippen LogP contribution is 2.31. The third-order valence-corrected chi connectivity index (χ3v) is 4.37. The molecule has 1 fully saturated rings. The Morgan fingerprint density at radius 1 is 1.26 bits per heavy atom. The summed E-state index contributed by atoms with van der Waals surface area (Å²) in [4.78, 5) is 2.68. The van der Waals surface area contributed by atoms with E-state index in [1.54, 1.807) is 0 Å². The lowest BCUT2D eigenvalue weighted by atomic mass is 9.80. The zero-order valence-corrected chi connectivity index (χ0v) is 12.4. The topological polar surface area (TPSA) is 29.3 Å². The van der Waals surface area contributed by atoms with Crippen LogP contribution >= 0.6 is 0 Å². The van der Waals surface area contributed by atoms with Gasteiger partial charge in [0.15, 0.2) is 0 Å². The van der Waals surface area contributed by atoms with E-state index in [-0.39, 0.29) is 0 Å². The Kier molecular flexibility index (Phi) is 5.41. The summed E-state index contributed by atoms with van der Waals surface area (Å²) in [7, 11) is 0. The van der Waals surface area contributed by atoms with Gasteiger partial charge in [-0.2, -0.15) is 0 Å². The van der Waals surface area contributed by atoms with Crippen molar-refractivity contribution in [2.45, 2.75) is 45.7 Å². The van der Waals surface area contributed by atoms with Crippen molar-refractivity contribution in [3.8, 4) is 0 Å². The standard InChI is InChI=1S/C17H28N2/c1-14(2)17-16(10-11-18)9-6-12-19(17)13-15-7-4-3-5-8-15/h3-5,7-8,14,16-17H,6,9-13,18H2,1-2H3. The Hall–Kier alpha value is -0.860. The Balaban J connectivity index is 2.08. The maximum Gasteiger partial charge on any atom is 0.0236 e. The van der Waals surface area contributed by atoms with Crippen molar-refractivity contribution < 1.29 is 0 Å². The van der Waals surface area contributed by atoms with Crippen LogP contribution in [0.3, 0.4) is 0 Å². The number of nitrogens with two attached hydrogens (primary N) is 1. The highest BCUT2D eigenvalue weighted by Gasteiger charge is 2.32. The second-order valence-electron chi connectivity index (χ2n) is 6.17. The van der Waals surface area contributed by atoms with Crippen LogP contribution in [0.15, 0.2) is 30.3 Å². The van der Waals surface area contributed by atoms with Gasteiger partial charge in [0, 0.05) is 12.6 Å². The van der Waals surface area contributed by atoms with Gasteiger partial charge in [-0.1, -0.05) is 44.2 Å². The summed E-state index contributed by atoms with van der Waals surface area (Å²) in [5.41, 5.74) is 7.23. The molecule has 2 heteroatoms. The monoisotopic (exact) mass is 260 g/mol. The molecule has 19 heavy (non-hydrogen) atoms. The van der Waals surface area contributed by atoms with Crippen LogP contribution in [0.25, 0.3) is 0 Å². The van der Waals surface area contributed by atoms with Crippen LogP contribution in [-0.2, 0) is 6.54 Å². The molecule has 2 unspecified atom stereocenters. The first-order valence-electron chi connectivity index (χ1n) is 7.70. The number of rotatable bonds is 5. The molecule has 2 rings (SSSR count). The molecule has 2 nitrogen and oxygen atoms in total. The van der Waals surface area contributed by atoms with E-state index in [1.165, 1.54) is 31.4 Å². The lowest BCUT2D eigenvalue weighted by Gasteiger charge is -2.44. The average molecular weight is 260 g/mol. The van der Waals surface area contributed by atoms with Crippen molar-refractivity contribution in [3.05, 3.63) is 35.9 Å². The molecule has 2 N–H and O–H groups in total. The fourth-order valence-corrected chi connectivity index (χ4v) is 3.67. The Labute approximate surface area is 118 Å². The molecule has 0 aliphatic carbocycles. The number of likely N-dealkylation sites (tertiary alicyclic amines) is 1. The van der Waals surface area contributed by atoms with Crippen molar-refractivity contribution in [3.63, 3.8) is 0 Å². The molecule has 0 amide bonds. The zero-order chi connectivity index (χ0) is 13.7. The number of piperidine rings is 1. The lowest BCUT2D eigenvalue weighted by Crippen LogP contribution is -2.48. The van der Waals surface area contributed by atoms with Gasteiger partial charge >= 0.3 is 0 Å². The summed E-state index contributed by atoms with van der Waals surface area (Å²) >= 11 is 0. The molecule has 0 saturated carbocycles. The van der Waals surface area contributed by atoms with Crippen LogP contribution < -0.4 is 5.73 Å². The van der Waals surface area contributed by atoms with E-state index in [2.05, 4.69) is 49.1 Å². The lowest BCUT2D eigenvalue weighted by molar-refractivity contribution is 0.0500. The van der Waals surface area contributed by atoms with E-state index in [4.69, 9.17) is 5.73 Å². The number of hydrogen-bond acceptors (Lipinski definition) is 2. The van der Waals surface area contributed by atoms with Gasteiger partial charge in [0.2, 0.25) is 0 Å². The predicted octanol–water partition coefficient (Wildman–Crippen LogP) is 3.27. The van der Waals surface area contributed by atoms with E-state index >= 15 is 0 Å². The minimum atomic E-state index is 0.692. The van der Waals surface area contributed by atoms with Gasteiger partial charge in [-0.05, 0) is 49.8 Å². The maximum absolute atomic E-state index is 5.80. The smallest absolute Gasteiger partial charge is 0.0236 e. The predicted molar refractivity (Wildman–Crippen MR) is 81.9 cm³/mol. The molecule has 106 valence electrons. The van der Waals surface area contributed by atoms with Crippen molar-refractivity contribution >= 4 is 0 Å². The first kappa shape index (κ1) is 14.5. The molecule has 0 bridgehead atoms. The molecule has 0 spiro atoms. The molecule has 2 atom stereocenters. The molecule has 1 aliphatic heterocycles. The summed E-state index contributed by atoms with van der Waals surface area (Å²) in [6, 6.07) is 11.5. The highest BCUT2D eigenvalue weighted by molar-refractivity contribution is 5.14. The van der Waals surface area contributed by atoms with Crippen molar-refractivity contribution in [2.24, 2.45) is 17.6 Å². The molecule has 0 aromatic heterocycles. The van der Waals surface area contributed by atoms with Gasteiger partial charge in [0.05, 0.1) is 0 Å². The summed E-state index contributed by atoms with van der Waals surface area (Å²) in [5, 5.41) is 0. The van der Waals surface area contributed by atoms with Gasteiger partial charge in [0.25, 0.3) is 0 Å². The molecule has 1 aliphatic rings. The largest absolute Gasteiger partial charge is 0.330 e. The Morgan fingerprint density at radius 3 is 2.63 bits per heavy atom. The first-order valence-corrected chi connectivity index (χ1v) is 7.70. The van der Waals surface area contributed by atoms with E-state index < -0.39 is 0 Å². The third kappa shape index (κ3) is 3.80. The first-order chi connectivity index (χ1) is 9.22. The summed E-state index contributed by atoms with van der Waals surface area (Å²) in [6.07, 6.45) is 3.85. The Morgan fingerprint density at radius 2 is 2.00 bits per heavy atom. The van der Waals surface area contributed by atoms with Crippen LogP contribution in [0.1, 0.15) is 38.7 Å². The van der Waals surface area contributed by atoms with Gasteiger partial charge in [-0.25, -0.2) is 0 Å². The normalized spacial score (nSPS) is 24.8. The summed E-state index contributed by atoms with van der Waals surface area (Å²) in [6.45, 7) is 7.87. The van der Waals surface area contributed by atoms with Crippen LogP contribution in [0.5, 0.6) is 0 Å². The average Bonchev–Trinajstić information content (AvgIpc) is 2.40. The minimum Gasteiger partial charge on any atom is -0.330 e. The molecule has 1 heterocycles. The van der Waals surface area contributed by atoms with E-state index in [9.17, 15) is 0 Å². The van der Waals surface area contributed by atoms with Crippen LogP contribution in [-0.4, -0.2) is 24.0 Å². The zero-order valence-electron chi connectivity index (χ0n) is 12.4. The SMILES string of the molecule is CC(C)C1C(CCN)CCCN1Cc1ccccc1. The maximum atomic E-state index is 5.80. The van der Waals surface area contributed by atoms with Gasteiger partial charge in [0.1, 0.15) is 0 Å². The summed E-state index contributed by atoms with van der Waals surface area (Å²) in [5.74, 6) is 1.49. The van der Waals surface area contributed by atoms with E-state index in [1.807, 2.05) is 0 Å². The third-order valence-electron chi connectivity index (χ3n) is 4.37.